The molecule has 0 amide bonds. The van der Waals surface area contributed by atoms with Crippen LogP contribution in [0, 0.1) is 0 Å². The number of anilines is 1. The lowest BCUT2D eigenvalue weighted by atomic mass is 9.91. The smallest absolute Gasteiger partial charge is 0.334 e. The molecule has 2 rings (SSSR count). The van der Waals surface area contributed by atoms with E-state index in [0.717, 1.165) is 10.2 Å². The second-order valence-corrected chi connectivity index (χ2v) is 5.27. The van der Waals surface area contributed by atoms with E-state index in [1.807, 2.05) is 31.2 Å². The van der Waals surface area contributed by atoms with E-state index >= 15 is 0 Å². The molecule has 2 unspecified atom stereocenters. The maximum atomic E-state index is 12.0. The van der Waals surface area contributed by atoms with Gasteiger partial charge in [0.2, 0.25) is 0 Å². The standard InChI is InChI=1S/C13H16BrNO3/c1-9-13(7-8-18-9,12(16)17-2)15-11-5-3-10(14)4-6-11/h3-6,9,15H,7-8H2,1-2H3. The Bertz CT molecular complexity index is 434. The van der Waals surface area contributed by atoms with Gasteiger partial charge in [0.05, 0.1) is 13.2 Å². The van der Waals surface area contributed by atoms with E-state index in [9.17, 15) is 4.79 Å². The van der Waals surface area contributed by atoms with Crippen molar-refractivity contribution in [3.05, 3.63) is 28.7 Å². The van der Waals surface area contributed by atoms with Crippen molar-refractivity contribution in [1.82, 2.24) is 0 Å². The van der Waals surface area contributed by atoms with Gasteiger partial charge in [-0.1, -0.05) is 15.9 Å². The summed E-state index contributed by atoms with van der Waals surface area (Å²) in [6, 6.07) is 7.68. The Hall–Kier alpha value is -1.07. The zero-order valence-corrected chi connectivity index (χ0v) is 12.0. The summed E-state index contributed by atoms with van der Waals surface area (Å²) >= 11 is 3.38. The van der Waals surface area contributed by atoms with E-state index in [1.54, 1.807) is 0 Å². The van der Waals surface area contributed by atoms with Gasteiger partial charge >= 0.3 is 5.97 Å². The molecule has 1 aliphatic heterocycles. The van der Waals surface area contributed by atoms with Crippen molar-refractivity contribution in [3.63, 3.8) is 0 Å². The first-order chi connectivity index (χ1) is 8.58. The first kappa shape index (κ1) is 13.4. The van der Waals surface area contributed by atoms with Crippen LogP contribution in [0.4, 0.5) is 5.69 Å². The highest BCUT2D eigenvalue weighted by Gasteiger charge is 2.49. The maximum absolute atomic E-state index is 12.0. The maximum Gasteiger partial charge on any atom is 0.334 e. The minimum atomic E-state index is -0.789. The summed E-state index contributed by atoms with van der Waals surface area (Å²) in [5.74, 6) is -0.282. The van der Waals surface area contributed by atoms with Crippen molar-refractivity contribution in [2.75, 3.05) is 19.0 Å². The molecule has 1 saturated heterocycles. The highest BCUT2D eigenvalue weighted by molar-refractivity contribution is 9.10. The molecule has 1 N–H and O–H groups in total. The van der Waals surface area contributed by atoms with Crippen molar-refractivity contribution < 1.29 is 14.3 Å². The van der Waals surface area contributed by atoms with Gasteiger partial charge in [0.25, 0.3) is 0 Å². The number of carbonyl (C=O) groups is 1. The van der Waals surface area contributed by atoms with Gasteiger partial charge in [0.15, 0.2) is 5.54 Å². The fourth-order valence-electron chi connectivity index (χ4n) is 2.20. The van der Waals surface area contributed by atoms with Gasteiger partial charge in [-0.15, -0.1) is 0 Å². The second-order valence-electron chi connectivity index (χ2n) is 4.36. The number of carbonyl (C=O) groups excluding carboxylic acids is 1. The van der Waals surface area contributed by atoms with Crippen LogP contribution in [0.25, 0.3) is 0 Å². The van der Waals surface area contributed by atoms with Crippen LogP contribution in [-0.4, -0.2) is 31.3 Å². The van der Waals surface area contributed by atoms with Crippen molar-refractivity contribution in [2.45, 2.75) is 25.0 Å². The van der Waals surface area contributed by atoms with Gasteiger partial charge < -0.3 is 14.8 Å². The van der Waals surface area contributed by atoms with Gasteiger partial charge in [-0.05, 0) is 31.2 Å². The minimum absolute atomic E-state index is 0.214. The largest absolute Gasteiger partial charge is 0.467 e. The van der Waals surface area contributed by atoms with Crippen LogP contribution in [0.2, 0.25) is 0 Å². The molecule has 0 saturated carbocycles. The molecule has 1 heterocycles. The van der Waals surface area contributed by atoms with Crippen molar-refractivity contribution in [2.24, 2.45) is 0 Å². The second kappa shape index (κ2) is 5.28. The van der Waals surface area contributed by atoms with Crippen LogP contribution >= 0.6 is 15.9 Å². The molecule has 4 nitrogen and oxygen atoms in total. The summed E-state index contributed by atoms with van der Waals surface area (Å²) < 4.78 is 11.4. The topological polar surface area (TPSA) is 47.6 Å². The fourth-order valence-corrected chi connectivity index (χ4v) is 2.46. The molecule has 0 aromatic heterocycles. The molecule has 2 atom stereocenters. The predicted octanol–water partition coefficient (Wildman–Crippen LogP) is 2.58. The Morgan fingerprint density at radius 2 is 2.17 bits per heavy atom. The van der Waals surface area contributed by atoms with Crippen molar-refractivity contribution in [1.29, 1.82) is 0 Å². The van der Waals surface area contributed by atoms with E-state index in [0.29, 0.717) is 13.0 Å². The first-order valence-electron chi connectivity index (χ1n) is 5.82. The Balaban J connectivity index is 2.26. The molecule has 1 fully saturated rings. The lowest BCUT2D eigenvalue weighted by Crippen LogP contribution is -2.52. The number of rotatable bonds is 3. The van der Waals surface area contributed by atoms with Crippen LogP contribution in [0.3, 0.4) is 0 Å². The van der Waals surface area contributed by atoms with Crippen LogP contribution in [0.1, 0.15) is 13.3 Å². The summed E-state index contributed by atoms with van der Waals surface area (Å²) in [4.78, 5) is 12.0. The molecule has 0 bridgehead atoms. The molecule has 0 aliphatic carbocycles. The lowest BCUT2D eigenvalue weighted by Gasteiger charge is -2.31. The summed E-state index contributed by atoms with van der Waals surface area (Å²) in [5, 5.41) is 3.26. The van der Waals surface area contributed by atoms with Gasteiger partial charge in [-0.25, -0.2) is 4.79 Å². The molecule has 0 radical (unpaired) electrons. The number of nitrogens with one attached hydrogen (secondary N) is 1. The van der Waals surface area contributed by atoms with E-state index in [2.05, 4.69) is 21.2 Å². The highest BCUT2D eigenvalue weighted by Crippen LogP contribution is 2.31. The average molecular weight is 314 g/mol. The fraction of sp³-hybridized carbons (Fsp3) is 0.462. The van der Waals surface area contributed by atoms with E-state index in [-0.39, 0.29) is 12.1 Å². The predicted molar refractivity (Wildman–Crippen MR) is 72.5 cm³/mol. The van der Waals surface area contributed by atoms with Crippen LogP contribution in [-0.2, 0) is 14.3 Å². The van der Waals surface area contributed by atoms with E-state index in [4.69, 9.17) is 9.47 Å². The molecule has 1 aromatic carbocycles. The molecular formula is C13H16BrNO3. The van der Waals surface area contributed by atoms with Crippen LogP contribution in [0.15, 0.2) is 28.7 Å². The van der Waals surface area contributed by atoms with Gasteiger partial charge in [0.1, 0.15) is 0 Å². The van der Waals surface area contributed by atoms with Crippen molar-refractivity contribution >= 4 is 27.6 Å². The third-order valence-corrected chi connectivity index (χ3v) is 3.85. The first-order valence-corrected chi connectivity index (χ1v) is 6.61. The summed E-state index contributed by atoms with van der Waals surface area (Å²) in [7, 11) is 1.40. The number of methoxy groups -OCH3 is 1. The van der Waals surface area contributed by atoms with Gasteiger partial charge in [0, 0.05) is 23.2 Å². The number of halogens is 1. The van der Waals surface area contributed by atoms with Crippen LogP contribution < -0.4 is 5.32 Å². The Morgan fingerprint density at radius 1 is 1.50 bits per heavy atom. The SMILES string of the molecule is COC(=O)C1(Nc2ccc(Br)cc2)CCOC1C. The molecular weight excluding hydrogens is 298 g/mol. The quantitative estimate of drug-likeness (QED) is 0.871. The van der Waals surface area contributed by atoms with Gasteiger partial charge in [-0.3, -0.25) is 0 Å². The third-order valence-electron chi connectivity index (χ3n) is 3.32. The molecule has 0 spiro atoms. The molecule has 98 valence electrons. The monoisotopic (exact) mass is 313 g/mol. The number of esters is 1. The number of benzene rings is 1. The number of hydrogen-bond acceptors (Lipinski definition) is 4. The van der Waals surface area contributed by atoms with Crippen molar-refractivity contribution in [3.8, 4) is 0 Å². The zero-order valence-electron chi connectivity index (χ0n) is 10.4. The van der Waals surface area contributed by atoms with E-state index < -0.39 is 5.54 Å². The minimum Gasteiger partial charge on any atom is -0.467 e. The lowest BCUT2D eigenvalue weighted by molar-refractivity contribution is -0.147. The summed E-state index contributed by atoms with van der Waals surface area (Å²) in [5.41, 5.74) is 0.0868. The zero-order chi connectivity index (χ0) is 13.2. The number of ether oxygens (including phenoxy) is 2. The summed E-state index contributed by atoms with van der Waals surface area (Å²) in [6.07, 6.45) is 0.394. The molecule has 1 aromatic rings. The third kappa shape index (κ3) is 2.37. The summed E-state index contributed by atoms with van der Waals surface area (Å²) in [6.45, 7) is 2.44. The number of hydrogen-bond donors (Lipinski definition) is 1. The van der Waals surface area contributed by atoms with E-state index in [1.165, 1.54) is 7.11 Å². The molecule has 18 heavy (non-hydrogen) atoms. The highest BCUT2D eigenvalue weighted by atomic mass is 79.9. The Kier molecular flexibility index (Phi) is 3.92. The Morgan fingerprint density at radius 3 is 2.67 bits per heavy atom. The van der Waals surface area contributed by atoms with Gasteiger partial charge in [-0.2, -0.15) is 0 Å². The Labute approximate surface area is 115 Å². The van der Waals surface area contributed by atoms with Crippen LogP contribution in [0.5, 0.6) is 0 Å². The average Bonchev–Trinajstić information content (AvgIpc) is 2.74. The normalized spacial score (nSPS) is 26.9. The molecule has 1 aliphatic rings. The molecule has 5 heteroatoms.